The lowest BCUT2D eigenvalue weighted by Gasteiger charge is -2.11. The Morgan fingerprint density at radius 3 is 2.62 bits per heavy atom. The lowest BCUT2D eigenvalue weighted by molar-refractivity contribution is -0.119. The van der Waals surface area contributed by atoms with E-state index in [4.69, 9.17) is 14.2 Å². The van der Waals surface area contributed by atoms with Crippen LogP contribution in [0.4, 0.5) is 4.79 Å². The predicted octanol–water partition coefficient (Wildman–Crippen LogP) is 4.32. The number of benzene rings is 2. The molecule has 1 amide bonds. The molecule has 1 aliphatic rings. The molecule has 1 atom stereocenters. The van der Waals surface area contributed by atoms with Crippen molar-refractivity contribution in [3.05, 3.63) is 71.8 Å². The highest BCUT2D eigenvalue weighted by Gasteiger charge is 2.27. The minimum atomic E-state index is -0.415. The van der Waals surface area contributed by atoms with Crippen LogP contribution >= 0.6 is 11.8 Å². The van der Waals surface area contributed by atoms with Gasteiger partial charge in [-0.25, -0.2) is 4.98 Å². The molecule has 0 bridgehead atoms. The van der Waals surface area contributed by atoms with E-state index in [-0.39, 0.29) is 17.4 Å². The molecule has 1 saturated heterocycles. The molecular formula is C26H26N2O5S. The number of pyridine rings is 1. The average molecular weight is 479 g/mol. The molecule has 176 valence electrons. The van der Waals surface area contributed by atoms with Gasteiger partial charge in [0, 0.05) is 30.2 Å². The van der Waals surface area contributed by atoms with Gasteiger partial charge < -0.3 is 19.5 Å². The second kappa shape index (κ2) is 11.1. The number of hydrogen-bond donors (Lipinski definition) is 1. The van der Waals surface area contributed by atoms with Crippen molar-refractivity contribution < 1.29 is 23.8 Å². The van der Waals surface area contributed by atoms with Crippen LogP contribution in [-0.4, -0.2) is 48.6 Å². The lowest BCUT2D eigenvalue weighted by atomic mass is 10.0. The summed E-state index contributed by atoms with van der Waals surface area (Å²) in [7, 11) is 3.23. The van der Waals surface area contributed by atoms with Crippen molar-refractivity contribution in [1.29, 1.82) is 0 Å². The number of aromatic nitrogens is 1. The zero-order valence-corrected chi connectivity index (χ0v) is 19.9. The molecule has 1 N–H and O–H groups in total. The van der Waals surface area contributed by atoms with Gasteiger partial charge in [-0.15, -0.1) is 0 Å². The largest absolute Gasteiger partial charge is 0.493 e. The van der Waals surface area contributed by atoms with Gasteiger partial charge in [-0.1, -0.05) is 42.1 Å². The number of hydrogen-bond acceptors (Lipinski definition) is 7. The van der Waals surface area contributed by atoms with Crippen molar-refractivity contribution >= 4 is 22.8 Å². The second-order valence-electron chi connectivity index (χ2n) is 7.79. The van der Waals surface area contributed by atoms with Gasteiger partial charge in [0.15, 0.2) is 17.3 Å². The Morgan fingerprint density at radius 1 is 1.03 bits per heavy atom. The third-order valence-corrected chi connectivity index (χ3v) is 6.36. The first-order valence-electron chi connectivity index (χ1n) is 10.9. The van der Waals surface area contributed by atoms with Gasteiger partial charge in [-0.05, 0) is 35.4 Å². The Hall–Kier alpha value is -3.52. The van der Waals surface area contributed by atoms with Crippen molar-refractivity contribution in [2.24, 2.45) is 0 Å². The quantitative estimate of drug-likeness (QED) is 0.464. The first kappa shape index (κ1) is 23.6. The van der Waals surface area contributed by atoms with Crippen LogP contribution in [0.5, 0.6) is 17.4 Å². The number of rotatable bonds is 10. The lowest BCUT2D eigenvalue weighted by Crippen LogP contribution is -2.35. The van der Waals surface area contributed by atoms with Gasteiger partial charge in [0.05, 0.1) is 32.6 Å². The number of nitrogens with zero attached hydrogens (tertiary/aromatic N) is 1. The summed E-state index contributed by atoms with van der Waals surface area (Å²) in [5, 5.41) is 2.56. The number of amides is 1. The zero-order chi connectivity index (χ0) is 23.9. The molecule has 0 spiro atoms. The van der Waals surface area contributed by atoms with Gasteiger partial charge in [0.1, 0.15) is 0 Å². The summed E-state index contributed by atoms with van der Waals surface area (Å²) in [4.78, 5) is 28.5. The van der Waals surface area contributed by atoms with Gasteiger partial charge in [-0.3, -0.25) is 9.59 Å². The first-order valence-corrected chi connectivity index (χ1v) is 11.9. The molecule has 2 heterocycles. The van der Waals surface area contributed by atoms with Crippen molar-refractivity contribution in [2.75, 3.05) is 26.6 Å². The van der Waals surface area contributed by atoms with Crippen LogP contribution in [0.2, 0.25) is 0 Å². The molecule has 1 aromatic heterocycles. The molecule has 2 aromatic carbocycles. The Bertz CT molecular complexity index is 1180. The minimum Gasteiger partial charge on any atom is -0.493 e. The van der Waals surface area contributed by atoms with Crippen LogP contribution in [0.1, 0.15) is 11.1 Å². The van der Waals surface area contributed by atoms with Crippen LogP contribution in [0.15, 0.2) is 60.7 Å². The third kappa shape index (κ3) is 5.88. The minimum absolute atomic E-state index is 0.00991. The number of carbonyl (C=O) groups is 2. The number of carbonyl (C=O) groups excluding carboxylic acids is 2. The maximum atomic E-state index is 12.5. The molecule has 0 aliphatic carbocycles. The van der Waals surface area contributed by atoms with Crippen LogP contribution in [0, 0.1) is 0 Å². The summed E-state index contributed by atoms with van der Waals surface area (Å²) < 4.78 is 16.5. The number of Topliss-reactive ketones (excluding diaryl/α,β-unsaturated/α-hetero) is 1. The highest BCUT2D eigenvalue weighted by molar-refractivity contribution is 8.14. The Kier molecular flexibility index (Phi) is 7.69. The number of ether oxygens (including phenoxy) is 3. The highest BCUT2D eigenvalue weighted by atomic mass is 32.2. The Balaban J connectivity index is 1.38. The summed E-state index contributed by atoms with van der Waals surface area (Å²) in [6.07, 6.45) is 0.959. The monoisotopic (exact) mass is 478 g/mol. The molecule has 4 rings (SSSR count). The van der Waals surface area contributed by atoms with Crippen LogP contribution in [-0.2, 0) is 17.6 Å². The molecule has 0 saturated carbocycles. The first-order chi connectivity index (χ1) is 16.6. The summed E-state index contributed by atoms with van der Waals surface area (Å²) in [6.45, 7) is 0.464. The van der Waals surface area contributed by atoms with Gasteiger partial charge in [0.25, 0.3) is 5.24 Å². The molecule has 7 nitrogen and oxygen atoms in total. The van der Waals surface area contributed by atoms with Gasteiger partial charge in [0.2, 0.25) is 5.88 Å². The van der Waals surface area contributed by atoms with Crippen molar-refractivity contribution in [3.8, 4) is 28.6 Å². The van der Waals surface area contributed by atoms with Crippen molar-refractivity contribution in [2.45, 2.75) is 18.9 Å². The molecule has 0 radical (unpaired) electrons. The second-order valence-corrected chi connectivity index (χ2v) is 8.78. The molecule has 1 fully saturated rings. The molecule has 1 aliphatic heterocycles. The molecule has 3 aromatic rings. The average Bonchev–Trinajstić information content (AvgIpc) is 3.31. The molecular weight excluding hydrogens is 452 g/mol. The fraction of sp³-hybridized carbons (Fsp3) is 0.269. The number of methoxy groups -OCH3 is 2. The standard InChI is InChI=1S/C26H26N2O5S/c1-31-23-10-9-17(15-24(23)32-2)11-12-33-25-8-4-7-20(27-25)19-6-3-5-18(13-19)14-22(29)21-16-34-26(30)28-21/h3-10,13,15,21H,11-12,14,16H2,1-2H3,(H,28,30)/t21-/m0/s1. The van der Waals surface area contributed by atoms with E-state index in [0.717, 1.165) is 34.1 Å². The van der Waals surface area contributed by atoms with Crippen molar-refractivity contribution in [1.82, 2.24) is 10.3 Å². The van der Waals surface area contributed by atoms with E-state index >= 15 is 0 Å². The summed E-state index contributed by atoms with van der Waals surface area (Å²) in [5.74, 6) is 2.41. The number of ketones is 1. The van der Waals surface area contributed by atoms with Crippen LogP contribution in [0.3, 0.4) is 0 Å². The van der Waals surface area contributed by atoms with E-state index in [9.17, 15) is 9.59 Å². The molecule has 34 heavy (non-hydrogen) atoms. The van der Waals surface area contributed by atoms with E-state index in [1.807, 2.05) is 60.7 Å². The van der Waals surface area contributed by atoms with E-state index in [0.29, 0.717) is 36.2 Å². The predicted molar refractivity (Wildman–Crippen MR) is 132 cm³/mol. The maximum Gasteiger partial charge on any atom is 0.279 e. The summed E-state index contributed by atoms with van der Waals surface area (Å²) >= 11 is 1.15. The maximum absolute atomic E-state index is 12.5. The van der Waals surface area contributed by atoms with Crippen molar-refractivity contribution in [3.63, 3.8) is 0 Å². The number of thioether (sulfide) groups is 1. The van der Waals surface area contributed by atoms with Gasteiger partial charge in [-0.2, -0.15) is 0 Å². The Labute approximate surface area is 202 Å². The fourth-order valence-electron chi connectivity index (χ4n) is 3.69. The normalized spacial score (nSPS) is 15.0. The molecule has 8 heteroatoms. The van der Waals surface area contributed by atoms with E-state index in [2.05, 4.69) is 10.3 Å². The topological polar surface area (TPSA) is 86.8 Å². The Morgan fingerprint density at radius 2 is 1.85 bits per heavy atom. The SMILES string of the molecule is COc1ccc(CCOc2cccc(-c3cccc(CC(=O)[C@@H]4CSC(=O)N4)c3)n2)cc1OC. The van der Waals surface area contributed by atoms with Crippen LogP contribution in [0.25, 0.3) is 11.3 Å². The smallest absolute Gasteiger partial charge is 0.279 e. The van der Waals surface area contributed by atoms with E-state index in [1.165, 1.54) is 0 Å². The van der Waals surface area contributed by atoms with Gasteiger partial charge >= 0.3 is 0 Å². The van der Waals surface area contributed by atoms with E-state index < -0.39 is 6.04 Å². The third-order valence-electron chi connectivity index (χ3n) is 5.48. The number of nitrogens with one attached hydrogen (secondary N) is 1. The summed E-state index contributed by atoms with van der Waals surface area (Å²) in [6, 6.07) is 18.8. The zero-order valence-electron chi connectivity index (χ0n) is 19.1. The van der Waals surface area contributed by atoms with Crippen LogP contribution < -0.4 is 19.5 Å². The fourth-order valence-corrected chi connectivity index (χ4v) is 4.50. The summed E-state index contributed by atoms with van der Waals surface area (Å²) in [5.41, 5.74) is 3.63. The highest BCUT2D eigenvalue weighted by Crippen LogP contribution is 2.28. The van der Waals surface area contributed by atoms with E-state index in [1.54, 1.807) is 14.2 Å². The molecule has 0 unspecified atom stereocenters.